The first-order valence-electron chi connectivity index (χ1n) is 5.03. The molecule has 0 radical (unpaired) electrons. The zero-order valence-corrected chi connectivity index (χ0v) is 11.7. The minimum absolute atomic E-state index is 0.0678. The van der Waals surface area contributed by atoms with Gasteiger partial charge in [-0.3, -0.25) is 4.79 Å². The highest BCUT2D eigenvalue weighted by molar-refractivity contribution is 9.10. The van der Waals surface area contributed by atoms with Crippen molar-refractivity contribution in [1.82, 2.24) is 0 Å². The van der Waals surface area contributed by atoms with Crippen LogP contribution in [-0.2, 0) is 0 Å². The van der Waals surface area contributed by atoms with Crippen molar-refractivity contribution in [1.29, 1.82) is 0 Å². The highest BCUT2D eigenvalue weighted by Gasteiger charge is 2.13. The van der Waals surface area contributed by atoms with Crippen LogP contribution < -0.4 is 4.74 Å². The maximum absolute atomic E-state index is 11.9. The van der Waals surface area contributed by atoms with Gasteiger partial charge in [0.05, 0.1) is 12.7 Å². The van der Waals surface area contributed by atoms with Crippen LogP contribution in [0.5, 0.6) is 5.75 Å². The van der Waals surface area contributed by atoms with Gasteiger partial charge in [-0.05, 0) is 31.0 Å². The van der Waals surface area contributed by atoms with Gasteiger partial charge in [0.1, 0.15) is 5.75 Å². The van der Waals surface area contributed by atoms with Gasteiger partial charge in [-0.15, -0.1) is 11.6 Å². The standard InChI is InChI=1S/C12H14BrClO2/c1-8-6-12(16-2)9(7-10(8)13)11(15)4-3-5-14/h6-7H,3-5H2,1-2H3. The molecule has 1 rings (SSSR count). The molecule has 0 saturated carbocycles. The summed E-state index contributed by atoms with van der Waals surface area (Å²) < 4.78 is 6.13. The smallest absolute Gasteiger partial charge is 0.166 e. The van der Waals surface area contributed by atoms with E-state index in [2.05, 4.69) is 15.9 Å². The van der Waals surface area contributed by atoms with Crippen molar-refractivity contribution in [3.05, 3.63) is 27.7 Å². The third-order valence-electron chi connectivity index (χ3n) is 2.32. The lowest BCUT2D eigenvalue weighted by Crippen LogP contribution is -2.03. The molecule has 16 heavy (non-hydrogen) atoms. The molecule has 0 aliphatic carbocycles. The van der Waals surface area contributed by atoms with E-state index in [1.807, 2.05) is 19.1 Å². The topological polar surface area (TPSA) is 26.3 Å². The highest BCUT2D eigenvalue weighted by Crippen LogP contribution is 2.28. The number of hydrogen-bond donors (Lipinski definition) is 0. The van der Waals surface area contributed by atoms with Crippen molar-refractivity contribution in [2.45, 2.75) is 19.8 Å². The van der Waals surface area contributed by atoms with Crippen LogP contribution in [0.3, 0.4) is 0 Å². The first-order chi connectivity index (χ1) is 7.60. The van der Waals surface area contributed by atoms with Gasteiger partial charge in [0, 0.05) is 16.8 Å². The second-order valence-corrected chi connectivity index (χ2v) is 4.75. The molecular weight excluding hydrogens is 291 g/mol. The summed E-state index contributed by atoms with van der Waals surface area (Å²) in [6.07, 6.45) is 1.14. The molecule has 0 spiro atoms. The fourth-order valence-corrected chi connectivity index (χ4v) is 1.88. The molecule has 0 fully saturated rings. The van der Waals surface area contributed by atoms with Crippen molar-refractivity contribution in [2.24, 2.45) is 0 Å². The quantitative estimate of drug-likeness (QED) is 0.608. The average Bonchev–Trinajstić information content (AvgIpc) is 2.28. The van der Waals surface area contributed by atoms with Crippen molar-refractivity contribution in [2.75, 3.05) is 13.0 Å². The van der Waals surface area contributed by atoms with Gasteiger partial charge in [-0.25, -0.2) is 0 Å². The van der Waals surface area contributed by atoms with Gasteiger partial charge in [0.25, 0.3) is 0 Å². The first kappa shape index (κ1) is 13.5. The Labute approximate surface area is 109 Å². The number of carbonyl (C=O) groups excluding carboxylic acids is 1. The number of ketones is 1. The van der Waals surface area contributed by atoms with Crippen LogP contribution in [0.25, 0.3) is 0 Å². The van der Waals surface area contributed by atoms with Crippen molar-refractivity contribution in [3.8, 4) is 5.75 Å². The Bertz CT molecular complexity index is 391. The fraction of sp³-hybridized carbons (Fsp3) is 0.417. The van der Waals surface area contributed by atoms with Gasteiger partial charge >= 0.3 is 0 Å². The molecule has 0 aliphatic heterocycles. The summed E-state index contributed by atoms with van der Waals surface area (Å²) in [6.45, 7) is 1.96. The van der Waals surface area contributed by atoms with Crippen molar-refractivity contribution >= 4 is 33.3 Å². The van der Waals surface area contributed by atoms with Crippen LogP contribution in [0.2, 0.25) is 0 Å². The van der Waals surface area contributed by atoms with Gasteiger partial charge in [0.15, 0.2) is 5.78 Å². The maximum Gasteiger partial charge on any atom is 0.166 e. The van der Waals surface area contributed by atoms with Crippen LogP contribution in [-0.4, -0.2) is 18.8 Å². The van der Waals surface area contributed by atoms with E-state index in [1.54, 1.807) is 7.11 Å². The zero-order chi connectivity index (χ0) is 12.1. The maximum atomic E-state index is 11.9. The Morgan fingerprint density at radius 1 is 1.50 bits per heavy atom. The molecule has 0 saturated heterocycles. The van der Waals surface area contributed by atoms with E-state index in [0.29, 0.717) is 30.0 Å². The fourth-order valence-electron chi connectivity index (χ4n) is 1.40. The normalized spacial score (nSPS) is 10.2. The molecule has 0 unspecified atom stereocenters. The minimum Gasteiger partial charge on any atom is -0.496 e. The van der Waals surface area contributed by atoms with E-state index >= 15 is 0 Å². The lowest BCUT2D eigenvalue weighted by Gasteiger charge is -2.09. The van der Waals surface area contributed by atoms with Crippen LogP contribution in [0, 0.1) is 6.92 Å². The number of carbonyl (C=O) groups is 1. The second-order valence-electron chi connectivity index (χ2n) is 3.52. The summed E-state index contributed by atoms with van der Waals surface area (Å²) >= 11 is 8.98. The van der Waals surface area contributed by atoms with E-state index in [9.17, 15) is 4.79 Å². The van der Waals surface area contributed by atoms with Gasteiger partial charge < -0.3 is 4.74 Å². The molecule has 88 valence electrons. The van der Waals surface area contributed by atoms with E-state index in [1.165, 1.54) is 0 Å². The zero-order valence-electron chi connectivity index (χ0n) is 9.35. The predicted octanol–water partition coefficient (Wildman–Crippen LogP) is 3.97. The number of rotatable bonds is 5. The molecular formula is C12H14BrClO2. The first-order valence-corrected chi connectivity index (χ1v) is 6.36. The number of hydrogen-bond acceptors (Lipinski definition) is 2. The number of Topliss-reactive ketones (excluding diaryl/α,β-unsaturated/α-hetero) is 1. The van der Waals surface area contributed by atoms with Crippen molar-refractivity contribution < 1.29 is 9.53 Å². The number of ether oxygens (including phenoxy) is 1. The molecule has 0 bridgehead atoms. The van der Waals surface area contributed by atoms with Gasteiger partial charge in [-0.2, -0.15) is 0 Å². The summed E-state index contributed by atoms with van der Waals surface area (Å²) in [7, 11) is 1.57. The third-order valence-corrected chi connectivity index (χ3v) is 3.44. The third kappa shape index (κ3) is 3.22. The Hall–Kier alpha value is -0.540. The van der Waals surface area contributed by atoms with Crippen LogP contribution >= 0.6 is 27.5 Å². The number of halogens is 2. The summed E-state index contributed by atoms with van der Waals surface area (Å²) in [6, 6.07) is 3.67. The SMILES string of the molecule is COc1cc(C)c(Br)cc1C(=O)CCCCl. The lowest BCUT2D eigenvalue weighted by molar-refractivity contribution is 0.0979. The molecule has 2 nitrogen and oxygen atoms in total. The summed E-state index contributed by atoms with van der Waals surface area (Å²) in [5, 5.41) is 0. The molecule has 0 aliphatic rings. The van der Waals surface area contributed by atoms with E-state index in [-0.39, 0.29) is 5.78 Å². The minimum atomic E-state index is 0.0678. The molecule has 0 amide bonds. The Morgan fingerprint density at radius 3 is 2.75 bits per heavy atom. The molecule has 0 N–H and O–H groups in total. The molecule has 0 atom stereocenters. The van der Waals surface area contributed by atoms with Crippen molar-refractivity contribution in [3.63, 3.8) is 0 Å². The Morgan fingerprint density at radius 2 is 2.19 bits per heavy atom. The van der Waals surface area contributed by atoms with Gasteiger partial charge in [-0.1, -0.05) is 15.9 Å². The average molecular weight is 306 g/mol. The Kier molecular flexibility index (Phi) is 5.29. The molecule has 1 aromatic rings. The molecule has 0 aromatic heterocycles. The van der Waals surface area contributed by atoms with Crippen LogP contribution in [0.1, 0.15) is 28.8 Å². The highest BCUT2D eigenvalue weighted by atomic mass is 79.9. The second kappa shape index (κ2) is 6.26. The van der Waals surface area contributed by atoms with E-state index < -0.39 is 0 Å². The van der Waals surface area contributed by atoms with Gasteiger partial charge in [0.2, 0.25) is 0 Å². The molecule has 0 heterocycles. The van der Waals surface area contributed by atoms with E-state index in [4.69, 9.17) is 16.3 Å². The molecule has 1 aromatic carbocycles. The summed E-state index contributed by atoms with van der Waals surface area (Å²) in [5.74, 6) is 1.19. The number of alkyl halides is 1. The number of methoxy groups -OCH3 is 1. The van der Waals surface area contributed by atoms with E-state index in [0.717, 1.165) is 10.0 Å². The summed E-state index contributed by atoms with van der Waals surface area (Å²) in [5.41, 5.74) is 1.66. The predicted molar refractivity (Wildman–Crippen MR) is 69.7 cm³/mol. The van der Waals surface area contributed by atoms with Crippen LogP contribution in [0.15, 0.2) is 16.6 Å². The number of benzene rings is 1. The Balaban J connectivity index is 3.02. The van der Waals surface area contributed by atoms with Crippen LogP contribution in [0.4, 0.5) is 0 Å². The summed E-state index contributed by atoms with van der Waals surface area (Å²) in [4.78, 5) is 11.9. The largest absolute Gasteiger partial charge is 0.496 e. The molecule has 4 heteroatoms. The monoisotopic (exact) mass is 304 g/mol. The number of aryl methyl sites for hydroxylation is 1. The lowest BCUT2D eigenvalue weighted by atomic mass is 10.0.